The van der Waals surface area contributed by atoms with Crippen molar-refractivity contribution in [2.75, 3.05) is 13.2 Å². The summed E-state index contributed by atoms with van der Waals surface area (Å²) in [6.45, 7) is 8.89. The smallest absolute Gasteiger partial charge is 0.261 e. The molecule has 1 N–H and O–H groups in total. The molecule has 1 unspecified atom stereocenters. The molecule has 2 aromatic rings. The fourth-order valence-electron chi connectivity index (χ4n) is 2.51. The Hall–Kier alpha value is -2.49. The van der Waals surface area contributed by atoms with Gasteiger partial charge < -0.3 is 14.8 Å². The minimum absolute atomic E-state index is 0.118. The first-order valence-corrected chi connectivity index (χ1v) is 8.70. The van der Waals surface area contributed by atoms with Crippen LogP contribution in [0.2, 0.25) is 0 Å². The van der Waals surface area contributed by atoms with Gasteiger partial charge in [0.2, 0.25) is 0 Å². The Morgan fingerprint density at radius 1 is 1.04 bits per heavy atom. The summed E-state index contributed by atoms with van der Waals surface area (Å²) in [7, 11) is 0. The predicted octanol–water partition coefficient (Wildman–Crippen LogP) is 3.96. The molecular formula is C21H27NO3. The molecule has 0 aliphatic rings. The highest BCUT2D eigenvalue weighted by atomic mass is 16.5. The van der Waals surface area contributed by atoms with Gasteiger partial charge >= 0.3 is 0 Å². The summed E-state index contributed by atoms with van der Waals surface area (Å²) in [6.07, 6.45) is 0.112. The molecule has 0 heterocycles. The maximum absolute atomic E-state index is 12.3. The van der Waals surface area contributed by atoms with Crippen LogP contribution in [0.5, 0.6) is 11.5 Å². The molecule has 0 aromatic heterocycles. The van der Waals surface area contributed by atoms with E-state index in [1.54, 1.807) is 0 Å². The molecule has 2 aromatic carbocycles. The average molecular weight is 341 g/mol. The summed E-state index contributed by atoms with van der Waals surface area (Å²) < 4.78 is 11.5. The van der Waals surface area contributed by atoms with E-state index >= 15 is 0 Å². The molecule has 0 bridgehead atoms. The lowest BCUT2D eigenvalue weighted by Gasteiger charge is -2.17. The van der Waals surface area contributed by atoms with Gasteiger partial charge in [0.25, 0.3) is 5.91 Å². The molecule has 0 radical (unpaired) electrons. The summed E-state index contributed by atoms with van der Waals surface area (Å²) in [4.78, 5) is 12.3. The van der Waals surface area contributed by atoms with E-state index in [0.29, 0.717) is 25.3 Å². The zero-order valence-electron chi connectivity index (χ0n) is 15.5. The van der Waals surface area contributed by atoms with Crippen molar-refractivity contribution >= 4 is 5.91 Å². The summed E-state index contributed by atoms with van der Waals surface area (Å²) in [5, 5.41) is 2.88. The van der Waals surface area contributed by atoms with Crippen molar-refractivity contribution in [3.05, 3.63) is 59.2 Å². The summed E-state index contributed by atoms with van der Waals surface area (Å²) >= 11 is 0. The Labute approximate surface area is 150 Å². The standard InChI is InChI=1S/C21H27NO3/c1-5-19(25-18-9-6-15(2)7-10-18)21(23)22-12-13-24-20-11-8-16(3)14-17(20)4/h6-11,14,19H,5,12-13H2,1-4H3,(H,22,23). The molecule has 25 heavy (non-hydrogen) atoms. The second-order valence-electron chi connectivity index (χ2n) is 6.24. The lowest BCUT2D eigenvalue weighted by Crippen LogP contribution is -2.39. The van der Waals surface area contributed by atoms with Crippen LogP contribution in [0.3, 0.4) is 0 Å². The van der Waals surface area contributed by atoms with E-state index in [4.69, 9.17) is 9.47 Å². The van der Waals surface area contributed by atoms with E-state index in [2.05, 4.69) is 18.3 Å². The number of hydrogen-bond donors (Lipinski definition) is 1. The van der Waals surface area contributed by atoms with Gasteiger partial charge in [-0.25, -0.2) is 0 Å². The van der Waals surface area contributed by atoms with Crippen LogP contribution < -0.4 is 14.8 Å². The van der Waals surface area contributed by atoms with Gasteiger partial charge in [-0.2, -0.15) is 0 Å². The number of ether oxygens (including phenoxy) is 2. The molecule has 0 saturated heterocycles. The highest BCUT2D eigenvalue weighted by Crippen LogP contribution is 2.18. The Bertz CT molecular complexity index is 695. The monoisotopic (exact) mass is 341 g/mol. The topological polar surface area (TPSA) is 47.6 Å². The van der Waals surface area contributed by atoms with Crippen molar-refractivity contribution in [1.82, 2.24) is 5.32 Å². The zero-order chi connectivity index (χ0) is 18.2. The maximum Gasteiger partial charge on any atom is 0.261 e. The van der Waals surface area contributed by atoms with Crippen LogP contribution in [0.4, 0.5) is 0 Å². The van der Waals surface area contributed by atoms with Crippen LogP contribution in [-0.4, -0.2) is 25.2 Å². The molecular weight excluding hydrogens is 314 g/mol. The Morgan fingerprint density at radius 3 is 2.36 bits per heavy atom. The van der Waals surface area contributed by atoms with E-state index < -0.39 is 6.10 Å². The van der Waals surface area contributed by atoms with Crippen LogP contribution in [0.1, 0.15) is 30.0 Å². The van der Waals surface area contributed by atoms with E-state index in [1.807, 2.05) is 57.2 Å². The molecule has 4 heteroatoms. The molecule has 0 saturated carbocycles. The first-order chi connectivity index (χ1) is 12.0. The first kappa shape index (κ1) is 18.8. The SMILES string of the molecule is CCC(Oc1ccc(C)cc1)C(=O)NCCOc1ccc(C)cc1C. The van der Waals surface area contributed by atoms with Crippen LogP contribution in [0.25, 0.3) is 0 Å². The third kappa shape index (κ3) is 5.82. The van der Waals surface area contributed by atoms with Crippen LogP contribution in [0, 0.1) is 20.8 Å². The Balaban J connectivity index is 1.78. The van der Waals surface area contributed by atoms with Gasteiger partial charge in [0.05, 0.1) is 6.54 Å². The molecule has 0 fully saturated rings. The molecule has 2 rings (SSSR count). The second-order valence-corrected chi connectivity index (χ2v) is 6.24. The van der Waals surface area contributed by atoms with E-state index in [-0.39, 0.29) is 5.91 Å². The van der Waals surface area contributed by atoms with Gasteiger partial charge in [-0.05, 0) is 51.0 Å². The third-order valence-corrected chi connectivity index (χ3v) is 3.95. The van der Waals surface area contributed by atoms with Crippen LogP contribution in [0.15, 0.2) is 42.5 Å². The van der Waals surface area contributed by atoms with Crippen molar-refractivity contribution < 1.29 is 14.3 Å². The van der Waals surface area contributed by atoms with E-state index in [1.165, 1.54) is 5.56 Å². The van der Waals surface area contributed by atoms with Crippen molar-refractivity contribution in [2.24, 2.45) is 0 Å². The maximum atomic E-state index is 12.3. The minimum Gasteiger partial charge on any atom is -0.491 e. The van der Waals surface area contributed by atoms with Gasteiger partial charge in [0.1, 0.15) is 18.1 Å². The van der Waals surface area contributed by atoms with Crippen molar-refractivity contribution in [3.63, 3.8) is 0 Å². The van der Waals surface area contributed by atoms with Crippen LogP contribution in [-0.2, 0) is 4.79 Å². The van der Waals surface area contributed by atoms with Gasteiger partial charge in [-0.1, -0.05) is 42.3 Å². The predicted molar refractivity (Wildman–Crippen MR) is 100 cm³/mol. The number of rotatable bonds is 8. The number of amides is 1. The highest BCUT2D eigenvalue weighted by molar-refractivity contribution is 5.81. The Kier molecular flexibility index (Phi) is 6.87. The first-order valence-electron chi connectivity index (χ1n) is 8.70. The number of benzene rings is 2. The average Bonchev–Trinajstić information content (AvgIpc) is 2.59. The molecule has 1 amide bonds. The van der Waals surface area contributed by atoms with E-state index in [0.717, 1.165) is 16.9 Å². The van der Waals surface area contributed by atoms with Gasteiger partial charge in [0, 0.05) is 0 Å². The second kappa shape index (κ2) is 9.11. The number of carbonyl (C=O) groups is 1. The fraction of sp³-hybridized carbons (Fsp3) is 0.381. The highest BCUT2D eigenvalue weighted by Gasteiger charge is 2.17. The Morgan fingerprint density at radius 2 is 1.72 bits per heavy atom. The normalized spacial score (nSPS) is 11.7. The van der Waals surface area contributed by atoms with Gasteiger partial charge in [-0.3, -0.25) is 4.79 Å². The molecule has 0 aliphatic heterocycles. The van der Waals surface area contributed by atoms with E-state index in [9.17, 15) is 4.79 Å². The molecule has 134 valence electrons. The molecule has 1 atom stereocenters. The quantitative estimate of drug-likeness (QED) is 0.739. The number of aryl methyl sites for hydroxylation is 3. The summed E-state index contributed by atoms with van der Waals surface area (Å²) in [6, 6.07) is 13.8. The molecule has 0 aliphatic carbocycles. The lowest BCUT2D eigenvalue weighted by atomic mass is 10.1. The summed E-state index contributed by atoms with van der Waals surface area (Å²) in [5.41, 5.74) is 3.46. The van der Waals surface area contributed by atoms with Crippen LogP contribution >= 0.6 is 0 Å². The largest absolute Gasteiger partial charge is 0.491 e. The van der Waals surface area contributed by atoms with Crippen molar-refractivity contribution in [1.29, 1.82) is 0 Å². The summed E-state index contributed by atoms with van der Waals surface area (Å²) in [5.74, 6) is 1.44. The minimum atomic E-state index is -0.496. The number of carbonyl (C=O) groups excluding carboxylic acids is 1. The third-order valence-electron chi connectivity index (χ3n) is 3.95. The van der Waals surface area contributed by atoms with Gasteiger partial charge in [0.15, 0.2) is 6.10 Å². The van der Waals surface area contributed by atoms with Crippen molar-refractivity contribution in [3.8, 4) is 11.5 Å². The van der Waals surface area contributed by atoms with Crippen molar-refractivity contribution in [2.45, 2.75) is 40.2 Å². The number of hydrogen-bond acceptors (Lipinski definition) is 3. The lowest BCUT2D eigenvalue weighted by molar-refractivity contribution is -0.128. The zero-order valence-corrected chi connectivity index (χ0v) is 15.5. The molecule has 4 nitrogen and oxygen atoms in total. The number of nitrogens with one attached hydrogen (secondary N) is 1. The molecule has 0 spiro atoms. The fourth-order valence-corrected chi connectivity index (χ4v) is 2.51. The van der Waals surface area contributed by atoms with Gasteiger partial charge in [-0.15, -0.1) is 0 Å².